The number of rotatable bonds is 5. The predicted molar refractivity (Wildman–Crippen MR) is 76.9 cm³/mol. The van der Waals surface area contributed by atoms with Gasteiger partial charge in [0.2, 0.25) is 5.91 Å². The minimum absolute atomic E-state index is 0.0342. The van der Waals surface area contributed by atoms with Gasteiger partial charge in [-0.3, -0.25) is 4.79 Å². The van der Waals surface area contributed by atoms with Crippen molar-refractivity contribution in [1.82, 2.24) is 5.32 Å². The highest BCUT2D eigenvalue weighted by molar-refractivity contribution is 7.16. The van der Waals surface area contributed by atoms with Crippen molar-refractivity contribution in [3.63, 3.8) is 0 Å². The first kappa shape index (κ1) is 13.7. The molecule has 6 heteroatoms. The lowest BCUT2D eigenvalue weighted by Gasteiger charge is -2.09. The van der Waals surface area contributed by atoms with Crippen LogP contribution in [0.1, 0.15) is 29.1 Å². The number of aliphatic hydroxyl groups is 1. The van der Waals surface area contributed by atoms with Gasteiger partial charge in [-0.05, 0) is 30.7 Å². The van der Waals surface area contributed by atoms with Gasteiger partial charge in [0.15, 0.2) is 0 Å². The molecule has 3 atom stereocenters. The molecule has 0 spiro atoms. The van der Waals surface area contributed by atoms with E-state index in [0.717, 1.165) is 17.1 Å². The average molecular weight is 312 g/mol. The maximum atomic E-state index is 12.0. The van der Waals surface area contributed by atoms with Crippen LogP contribution in [0.4, 0.5) is 0 Å². The summed E-state index contributed by atoms with van der Waals surface area (Å²) in [7, 11) is 0. The van der Waals surface area contributed by atoms with Crippen LogP contribution < -0.4 is 5.32 Å². The first-order valence-electron chi connectivity index (χ1n) is 6.39. The van der Waals surface area contributed by atoms with Crippen molar-refractivity contribution in [3.8, 4) is 0 Å². The highest BCUT2D eigenvalue weighted by atomic mass is 35.5. The number of furan rings is 1. The van der Waals surface area contributed by atoms with E-state index in [9.17, 15) is 9.90 Å². The fourth-order valence-corrected chi connectivity index (χ4v) is 3.28. The minimum atomic E-state index is -0.711. The standard InChI is InChI=1S/C14H14ClNO3S/c15-13-4-3-12(20-13)10(17)7-16-14(18)9-6-8(9)11-2-1-5-19-11/h1-5,8-10,17H,6-7H2,(H,16,18)/t8-,9-,10-/m0/s1. The van der Waals surface area contributed by atoms with E-state index >= 15 is 0 Å². The summed E-state index contributed by atoms with van der Waals surface area (Å²) in [5.41, 5.74) is 0. The molecule has 1 fully saturated rings. The van der Waals surface area contributed by atoms with Crippen molar-refractivity contribution in [2.45, 2.75) is 18.4 Å². The zero-order chi connectivity index (χ0) is 14.1. The lowest BCUT2D eigenvalue weighted by atomic mass is 10.2. The fraction of sp³-hybridized carbons (Fsp3) is 0.357. The Morgan fingerprint density at radius 2 is 2.40 bits per heavy atom. The Hall–Kier alpha value is -1.30. The van der Waals surface area contributed by atoms with Crippen molar-refractivity contribution < 1.29 is 14.3 Å². The molecule has 2 heterocycles. The van der Waals surface area contributed by atoms with E-state index in [1.165, 1.54) is 11.3 Å². The average Bonchev–Trinajstić information content (AvgIpc) is 2.87. The molecule has 0 bridgehead atoms. The molecular weight excluding hydrogens is 298 g/mol. The first-order valence-corrected chi connectivity index (χ1v) is 7.59. The van der Waals surface area contributed by atoms with Gasteiger partial charge in [0.1, 0.15) is 11.9 Å². The second kappa shape index (κ2) is 5.60. The molecule has 0 saturated heterocycles. The maximum Gasteiger partial charge on any atom is 0.223 e. The summed E-state index contributed by atoms with van der Waals surface area (Å²) < 4.78 is 5.92. The quantitative estimate of drug-likeness (QED) is 0.892. The summed E-state index contributed by atoms with van der Waals surface area (Å²) in [6.07, 6.45) is 1.71. The number of carbonyl (C=O) groups excluding carboxylic acids is 1. The van der Waals surface area contributed by atoms with Gasteiger partial charge >= 0.3 is 0 Å². The van der Waals surface area contributed by atoms with Crippen LogP contribution in [0.2, 0.25) is 4.34 Å². The Labute approximate surface area is 125 Å². The van der Waals surface area contributed by atoms with E-state index in [0.29, 0.717) is 4.34 Å². The SMILES string of the molecule is O=C(NC[C@H](O)c1ccc(Cl)s1)[C@H]1C[C@@H]1c1ccco1. The van der Waals surface area contributed by atoms with E-state index in [-0.39, 0.29) is 24.3 Å². The number of carbonyl (C=O) groups is 1. The molecule has 3 rings (SSSR count). The Morgan fingerprint density at radius 3 is 3.05 bits per heavy atom. The van der Waals surface area contributed by atoms with Crippen LogP contribution in [-0.4, -0.2) is 17.6 Å². The van der Waals surface area contributed by atoms with E-state index < -0.39 is 6.10 Å². The number of hydrogen-bond acceptors (Lipinski definition) is 4. The molecule has 0 aromatic carbocycles. The normalized spacial score (nSPS) is 22.5. The van der Waals surface area contributed by atoms with Crippen molar-refractivity contribution in [2.24, 2.45) is 5.92 Å². The van der Waals surface area contributed by atoms with Gasteiger partial charge in [-0.15, -0.1) is 11.3 Å². The number of nitrogens with one attached hydrogen (secondary N) is 1. The largest absolute Gasteiger partial charge is 0.469 e. The third-order valence-corrected chi connectivity index (χ3v) is 4.76. The van der Waals surface area contributed by atoms with Crippen LogP contribution in [0.25, 0.3) is 0 Å². The van der Waals surface area contributed by atoms with Gasteiger partial charge in [0.25, 0.3) is 0 Å². The van der Waals surface area contributed by atoms with Crippen molar-refractivity contribution in [1.29, 1.82) is 0 Å². The van der Waals surface area contributed by atoms with Crippen molar-refractivity contribution >= 4 is 28.8 Å². The Balaban J connectivity index is 1.49. The summed E-state index contributed by atoms with van der Waals surface area (Å²) in [4.78, 5) is 12.7. The highest BCUT2D eigenvalue weighted by Crippen LogP contribution is 2.47. The molecule has 4 nitrogen and oxygen atoms in total. The monoisotopic (exact) mass is 311 g/mol. The molecule has 20 heavy (non-hydrogen) atoms. The fourth-order valence-electron chi connectivity index (χ4n) is 2.24. The smallest absolute Gasteiger partial charge is 0.223 e. The molecule has 0 unspecified atom stereocenters. The van der Waals surface area contributed by atoms with Crippen molar-refractivity contribution in [2.75, 3.05) is 6.54 Å². The van der Waals surface area contributed by atoms with Gasteiger partial charge < -0.3 is 14.8 Å². The van der Waals surface area contributed by atoms with Crippen LogP contribution in [0.15, 0.2) is 34.9 Å². The second-order valence-corrected chi connectivity index (χ2v) is 6.61. The number of hydrogen-bond donors (Lipinski definition) is 2. The van der Waals surface area contributed by atoms with Crippen LogP contribution >= 0.6 is 22.9 Å². The zero-order valence-electron chi connectivity index (χ0n) is 10.6. The second-order valence-electron chi connectivity index (χ2n) is 4.87. The number of aliphatic hydroxyl groups excluding tert-OH is 1. The van der Waals surface area contributed by atoms with Gasteiger partial charge in [0, 0.05) is 23.3 Å². The number of amides is 1. The van der Waals surface area contributed by atoms with Gasteiger partial charge in [-0.25, -0.2) is 0 Å². The van der Waals surface area contributed by atoms with Gasteiger partial charge in [-0.1, -0.05) is 11.6 Å². The number of halogens is 1. The van der Waals surface area contributed by atoms with E-state index in [2.05, 4.69) is 5.32 Å². The van der Waals surface area contributed by atoms with Gasteiger partial charge in [0.05, 0.1) is 10.6 Å². The third-order valence-electron chi connectivity index (χ3n) is 3.43. The first-order chi connectivity index (χ1) is 9.65. The van der Waals surface area contributed by atoms with E-state index in [4.69, 9.17) is 16.0 Å². The summed E-state index contributed by atoms with van der Waals surface area (Å²) >= 11 is 7.13. The Morgan fingerprint density at radius 1 is 1.55 bits per heavy atom. The summed E-state index contributed by atoms with van der Waals surface area (Å²) in [6.45, 7) is 0.205. The molecular formula is C14H14ClNO3S. The maximum absolute atomic E-state index is 12.0. The summed E-state index contributed by atoms with van der Waals surface area (Å²) in [5, 5.41) is 12.7. The van der Waals surface area contributed by atoms with Gasteiger partial charge in [-0.2, -0.15) is 0 Å². The molecule has 1 aliphatic carbocycles. The molecule has 1 saturated carbocycles. The Kier molecular flexibility index (Phi) is 3.83. The summed E-state index contributed by atoms with van der Waals surface area (Å²) in [6, 6.07) is 7.22. The Bertz CT molecular complexity index is 595. The minimum Gasteiger partial charge on any atom is -0.469 e. The van der Waals surface area contributed by atoms with Crippen LogP contribution in [-0.2, 0) is 4.79 Å². The molecule has 1 amide bonds. The van der Waals surface area contributed by atoms with E-state index in [1.807, 2.05) is 12.1 Å². The van der Waals surface area contributed by atoms with Crippen molar-refractivity contribution in [3.05, 3.63) is 45.5 Å². The molecule has 1 aliphatic rings. The molecule has 2 aromatic rings. The lowest BCUT2D eigenvalue weighted by molar-refractivity contribution is -0.122. The zero-order valence-corrected chi connectivity index (χ0v) is 12.2. The van der Waals surface area contributed by atoms with Crippen LogP contribution in [0.3, 0.4) is 0 Å². The predicted octanol–water partition coefficient (Wildman–Crippen LogP) is 2.95. The number of thiophene rings is 1. The molecule has 2 aromatic heterocycles. The third kappa shape index (κ3) is 2.90. The highest BCUT2D eigenvalue weighted by Gasteiger charge is 2.45. The lowest BCUT2D eigenvalue weighted by Crippen LogP contribution is -2.29. The van der Waals surface area contributed by atoms with E-state index in [1.54, 1.807) is 18.4 Å². The molecule has 0 radical (unpaired) electrons. The summed E-state index contributed by atoms with van der Waals surface area (Å²) in [5.74, 6) is 0.961. The van der Waals surface area contributed by atoms with Crippen LogP contribution in [0, 0.1) is 5.92 Å². The molecule has 106 valence electrons. The topological polar surface area (TPSA) is 62.5 Å². The molecule has 0 aliphatic heterocycles. The molecule has 2 N–H and O–H groups in total. The van der Waals surface area contributed by atoms with Crippen LogP contribution in [0.5, 0.6) is 0 Å².